The van der Waals surface area contributed by atoms with Crippen LogP contribution >= 0.6 is 15.9 Å². The Bertz CT molecular complexity index is 771. The summed E-state index contributed by atoms with van der Waals surface area (Å²) in [6.45, 7) is 1.55. The molecule has 23 heavy (non-hydrogen) atoms. The number of hydrogen-bond donors (Lipinski definition) is 1. The summed E-state index contributed by atoms with van der Waals surface area (Å²) in [6, 6.07) is 13.7. The fourth-order valence-corrected chi connectivity index (χ4v) is 2.98. The number of esters is 1. The van der Waals surface area contributed by atoms with E-state index in [1.165, 1.54) is 12.1 Å². The molecule has 0 aliphatic heterocycles. The predicted octanol–water partition coefficient (Wildman–Crippen LogP) is 2.78. The van der Waals surface area contributed by atoms with Crippen LogP contribution in [-0.2, 0) is 26.2 Å². The Labute approximate surface area is 143 Å². The first-order valence-corrected chi connectivity index (χ1v) is 9.11. The van der Waals surface area contributed by atoms with E-state index in [-0.39, 0.29) is 11.5 Å². The molecule has 0 fully saturated rings. The lowest BCUT2D eigenvalue weighted by atomic mass is 10.2. The molecule has 0 bridgehead atoms. The van der Waals surface area contributed by atoms with E-state index in [9.17, 15) is 13.2 Å². The van der Waals surface area contributed by atoms with Crippen LogP contribution in [0.15, 0.2) is 57.9 Å². The Morgan fingerprint density at radius 3 is 2.30 bits per heavy atom. The highest BCUT2D eigenvalue weighted by Gasteiger charge is 2.15. The monoisotopic (exact) mass is 397 g/mol. The Kier molecular flexibility index (Phi) is 5.92. The summed E-state index contributed by atoms with van der Waals surface area (Å²) >= 11 is 3.31. The van der Waals surface area contributed by atoms with Gasteiger partial charge < -0.3 is 4.74 Å². The van der Waals surface area contributed by atoms with Gasteiger partial charge in [0, 0.05) is 4.47 Å². The lowest BCUT2D eigenvalue weighted by Crippen LogP contribution is -2.30. The van der Waals surface area contributed by atoms with Gasteiger partial charge in [-0.15, -0.1) is 0 Å². The highest BCUT2D eigenvalue weighted by Crippen LogP contribution is 2.12. The Morgan fingerprint density at radius 2 is 1.70 bits per heavy atom. The summed E-state index contributed by atoms with van der Waals surface area (Å²) < 4.78 is 32.3. The van der Waals surface area contributed by atoms with Gasteiger partial charge in [-0.2, -0.15) is 4.72 Å². The molecule has 0 aromatic heterocycles. The Balaban J connectivity index is 1.86. The standard InChI is InChI=1S/C16H16BrNO4S/c1-12-2-8-15(9-3-12)23(20,21)18-10-16(19)22-11-13-4-6-14(17)7-5-13/h2-9,18H,10-11H2,1H3. The molecule has 5 nitrogen and oxygen atoms in total. The number of benzene rings is 2. The van der Waals surface area contributed by atoms with Crippen molar-refractivity contribution in [2.75, 3.05) is 6.54 Å². The molecule has 0 saturated heterocycles. The number of aryl methyl sites for hydroxylation is 1. The van der Waals surface area contributed by atoms with Gasteiger partial charge in [0.1, 0.15) is 13.2 Å². The molecular weight excluding hydrogens is 382 g/mol. The van der Waals surface area contributed by atoms with Crippen LogP contribution in [0, 0.1) is 6.92 Å². The van der Waals surface area contributed by atoms with Gasteiger partial charge in [0.2, 0.25) is 10.0 Å². The van der Waals surface area contributed by atoms with Crippen molar-refractivity contribution in [3.63, 3.8) is 0 Å². The molecule has 0 spiro atoms. The number of carbonyl (C=O) groups excluding carboxylic acids is 1. The maximum absolute atomic E-state index is 12.0. The van der Waals surface area contributed by atoms with Crippen molar-refractivity contribution in [2.45, 2.75) is 18.4 Å². The van der Waals surface area contributed by atoms with Crippen molar-refractivity contribution >= 4 is 31.9 Å². The number of halogens is 1. The molecule has 7 heteroatoms. The topological polar surface area (TPSA) is 72.5 Å². The van der Waals surface area contributed by atoms with Gasteiger partial charge in [-0.1, -0.05) is 45.8 Å². The maximum atomic E-state index is 12.0. The van der Waals surface area contributed by atoms with Gasteiger partial charge in [0.05, 0.1) is 4.90 Å². The highest BCUT2D eigenvalue weighted by atomic mass is 79.9. The Hall–Kier alpha value is -1.70. The van der Waals surface area contributed by atoms with Crippen LogP contribution < -0.4 is 4.72 Å². The van der Waals surface area contributed by atoms with E-state index in [1.54, 1.807) is 12.1 Å². The second-order valence-electron chi connectivity index (χ2n) is 4.92. The average molecular weight is 398 g/mol. The molecule has 0 unspecified atom stereocenters. The average Bonchev–Trinajstić information content (AvgIpc) is 2.53. The highest BCUT2D eigenvalue weighted by molar-refractivity contribution is 9.10. The lowest BCUT2D eigenvalue weighted by Gasteiger charge is -2.08. The first-order valence-electron chi connectivity index (χ1n) is 6.83. The third kappa shape index (κ3) is 5.46. The van der Waals surface area contributed by atoms with E-state index in [0.717, 1.165) is 15.6 Å². The maximum Gasteiger partial charge on any atom is 0.321 e. The van der Waals surface area contributed by atoms with Crippen molar-refractivity contribution in [1.29, 1.82) is 0 Å². The summed E-state index contributed by atoms with van der Waals surface area (Å²) in [5.41, 5.74) is 1.78. The lowest BCUT2D eigenvalue weighted by molar-refractivity contribution is -0.143. The minimum absolute atomic E-state index is 0.0956. The van der Waals surface area contributed by atoms with Gasteiger partial charge in [0.25, 0.3) is 0 Å². The molecule has 0 aliphatic carbocycles. The van der Waals surface area contributed by atoms with Crippen molar-refractivity contribution in [2.24, 2.45) is 0 Å². The first-order chi connectivity index (χ1) is 10.9. The third-order valence-corrected chi connectivity index (χ3v) is 5.00. The number of nitrogens with one attached hydrogen (secondary N) is 1. The molecule has 2 aromatic carbocycles. The zero-order chi connectivity index (χ0) is 16.9. The summed E-state index contributed by atoms with van der Waals surface area (Å²) in [7, 11) is -3.72. The second kappa shape index (κ2) is 7.72. The van der Waals surface area contributed by atoms with Crippen molar-refractivity contribution < 1.29 is 17.9 Å². The first kappa shape index (κ1) is 17.7. The van der Waals surface area contributed by atoms with E-state index in [2.05, 4.69) is 20.7 Å². The molecule has 0 atom stereocenters. The quantitative estimate of drug-likeness (QED) is 0.760. The minimum Gasteiger partial charge on any atom is -0.460 e. The van der Waals surface area contributed by atoms with Gasteiger partial charge >= 0.3 is 5.97 Å². The Morgan fingerprint density at radius 1 is 1.09 bits per heavy atom. The van der Waals surface area contributed by atoms with Gasteiger partial charge in [-0.25, -0.2) is 8.42 Å². The van der Waals surface area contributed by atoms with Crippen molar-refractivity contribution in [3.8, 4) is 0 Å². The normalized spacial score (nSPS) is 11.2. The van der Waals surface area contributed by atoms with E-state index in [4.69, 9.17) is 4.74 Å². The molecule has 2 rings (SSSR count). The predicted molar refractivity (Wildman–Crippen MR) is 90.3 cm³/mol. The van der Waals surface area contributed by atoms with Crippen LogP contribution in [0.4, 0.5) is 0 Å². The molecule has 122 valence electrons. The van der Waals surface area contributed by atoms with Crippen LogP contribution in [-0.4, -0.2) is 20.9 Å². The minimum atomic E-state index is -3.72. The smallest absolute Gasteiger partial charge is 0.321 e. The molecule has 0 amide bonds. The number of carbonyl (C=O) groups is 1. The van der Waals surface area contributed by atoms with E-state index < -0.39 is 22.5 Å². The summed E-state index contributed by atoms with van der Waals surface area (Å²) in [5.74, 6) is -0.636. The van der Waals surface area contributed by atoms with Crippen LogP contribution in [0.1, 0.15) is 11.1 Å². The van der Waals surface area contributed by atoms with Crippen molar-refractivity contribution in [3.05, 3.63) is 64.1 Å². The zero-order valence-corrected chi connectivity index (χ0v) is 14.9. The van der Waals surface area contributed by atoms with Crippen molar-refractivity contribution in [1.82, 2.24) is 4.72 Å². The van der Waals surface area contributed by atoms with E-state index >= 15 is 0 Å². The molecule has 1 N–H and O–H groups in total. The zero-order valence-electron chi connectivity index (χ0n) is 12.5. The van der Waals surface area contributed by atoms with E-state index in [1.807, 2.05) is 31.2 Å². The number of sulfonamides is 1. The van der Waals surface area contributed by atoms with Crippen LogP contribution in [0.25, 0.3) is 0 Å². The third-order valence-electron chi connectivity index (χ3n) is 3.05. The largest absolute Gasteiger partial charge is 0.460 e. The molecule has 0 saturated carbocycles. The number of hydrogen-bond acceptors (Lipinski definition) is 4. The summed E-state index contributed by atoms with van der Waals surface area (Å²) in [6.07, 6.45) is 0. The number of ether oxygens (including phenoxy) is 1. The van der Waals surface area contributed by atoms with Crippen LogP contribution in [0.2, 0.25) is 0 Å². The van der Waals surface area contributed by atoms with E-state index in [0.29, 0.717) is 0 Å². The fourth-order valence-electron chi connectivity index (χ4n) is 1.75. The van der Waals surface area contributed by atoms with Gasteiger partial charge in [0.15, 0.2) is 0 Å². The second-order valence-corrected chi connectivity index (χ2v) is 7.61. The molecule has 2 aromatic rings. The van der Waals surface area contributed by atoms with Gasteiger partial charge in [-0.3, -0.25) is 4.79 Å². The molecule has 0 radical (unpaired) electrons. The molecule has 0 heterocycles. The molecular formula is C16H16BrNO4S. The van der Waals surface area contributed by atoms with Gasteiger partial charge in [-0.05, 0) is 36.8 Å². The summed E-state index contributed by atoms with van der Waals surface area (Å²) in [5, 5.41) is 0. The SMILES string of the molecule is Cc1ccc(S(=O)(=O)NCC(=O)OCc2ccc(Br)cc2)cc1. The fraction of sp³-hybridized carbons (Fsp3) is 0.188. The molecule has 0 aliphatic rings. The number of rotatable bonds is 6. The summed E-state index contributed by atoms with van der Waals surface area (Å²) in [4.78, 5) is 11.8. The van der Waals surface area contributed by atoms with Crippen LogP contribution in [0.3, 0.4) is 0 Å². The van der Waals surface area contributed by atoms with Crippen LogP contribution in [0.5, 0.6) is 0 Å².